The van der Waals surface area contributed by atoms with Gasteiger partial charge in [0.2, 0.25) is 0 Å². The van der Waals surface area contributed by atoms with E-state index in [1.807, 2.05) is 6.07 Å². The van der Waals surface area contributed by atoms with Gasteiger partial charge in [0.25, 0.3) is 0 Å². The number of nitriles is 1. The summed E-state index contributed by atoms with van der Waals surface area (Å²) in [4.78, 5) is 0. The van der Waals surface area contributed by atoms with Crippen LogP contribution in [-0.2, 0) is 6.61 Å². The molecule has 0 amide bonds. The first-order valence-electron chi connectivity index (χ1n) is 6.65. The first-order chi connectivity index (χ1) is 11.2. The molecule has 0 aliphatic carbocycles. The summed E-state index contributed by atoms with van der Waals surface area (Å²) in [7, 11) is 0. The Labute approximate surface area is 136 Å². The van der Waals surface area contributed by atoms with E-state index in [2.05, 4.69) is 15.4 Å². The Morgan fingerprint density at radius 3 is 2.91 bits per heavy atom. The monoisotopic (exact) mass is 328 g/mol. The minimum atomic E-state index is -0.411. The smallest absolute Gasteiger partial charge is 0.163 e. The van der Waals surface area contributed by atoms with E-state index in [1.165, 1.54) is 12.1 Å². The summed E-state index contributed by atoms with van der Waals surface area (Å²) in [6.45, 7) is 0.171. The van der Waals surface area contributed by atoms with Crippen molar-refractivity contribution in [1.82, 2.24) is 15.4 Å². The highest BCUT2D eigenvalue weighted by molar-refractivity contribution is 6.30. The number of H-pyrrole nitrogens is 1. The van der Waals surface area contributed by atoms with E-state index in [4.69, 9.17) is 21.6 Å². The van der Waals surface area contributed by atoms with Crippen LogP contribution in [0.4, 0.5) is 4.39 Å². The van der Waals surface area contributed by atoms with Gasteiger partial charge in [0, 0.05) is 10.6 Å². The highest BCUT2D eigenvalue weighted by atomic mass is 35.5. The third-order valence-electron chi connectivity index (χ3n) is 3.10. The molecule has 0 aliphatic rings. The summed E-state index contributed by atoms with van der Waals surface area (Å²) >= 11 is 5.81. The van der Waals surface area contributed by atoms with Crippen molar-refractivity contribution in [2.24, 2.45) is 0 Å². The van der Waals surface area contributed by atoms with E-state index in [1.54, 1.807) is 30.3 Å². The van der Waals surface area contributed by atoms with Crippen LogP contribution in [0.3, 0.4) is 0 Å². The van der Waals surface area contributed by atoms with Crippen LogP contribution in [-0.4, -0.2) is 15.4 Å². The molecule has 0 aliphatic heterocycles. The van der Waals surface area contributed by atoms with Crippen LogP contribution in [0.1, 0.15) is 11.3 Å². The second kappa shape index (κ2) is 6.46. The summed E-state index contributed by atoms with van der Waals surface area (Å²) in [5.74, 6) is 0.154. The fourth-order valence-corrected chi connectivity index (χ4v) is 2.35. The molecule has 1 heterocycles. The fourth-order valence-electron chi connectivity index (χ4n) is 2.10. The van der Waals surface area contributed by atoms with Gasteiger partial charge >= 0.3 is 0 Å². The lowest BCUT2D eigenvalue weighted by atomic mass is 10.1. The Hall–Kier alpha value is -2.91. The molecular formula is C16H10ClFN4O. The zero-order valence-electron chi connectivity index (χ0n) is 11.8. The van der Waals surface area contributed by atoms with E-state index in [9.17, 15) is 4.39 Å². The Morgan fingerprint density at radius 2 is 2.13 bits per heavy atom. The first kappa shape index (κ1) is 15.0. The molecule has 3 rings (SSSR count). The van der Waals surface area contributed by atoms with Crippen molar-refractivity contribution in [3.05, 3.63) is 64.6 Å². The second-order valence-electron chi connectivity index (χ2n) is 4.74. The Bertz CT molecular complexity index is 868. The predicted molar refractivity (Wildman–Crippen MR) is 82.3 cm³/mol. The number of ether oxygens (including phenoxy) is 1. The van der Waals surface area contributed by atoms with Gasteiger partial charge in [-0.15, -0.1) is 5.10 Å². The van der Waals surface area contributed by atoms with Gasteiger partial charge < -0.3 is 4.74 Å². The summed E-state index contributed by atoms with van der Waals surface area (Å²) in [5, 5.41) is 19.4. The maximum Gasteiger partial charge on any atom is 0.163 e. The van der Waals surface area contributed by atoms with Gasteiger partial charge in [-0.2, -0.15) is 5.26 Å². The molecule has 0 radical (unpaired) electrons. The standard InChI is InChI=1S/C16H10ClFN4O/c17-12-4-10(5-13(18)7-12)9-23-14-3-1-2-11(6-14)16-15(8-19)20-22-21-16/h1-7H,9H2,(H,20,21,22). The first-order valence-corrected chi connectivity index (χ1v) is 7.03. The number of aromatic nitrogens is 3. The van der Waals surface area contributed by atoms with Crippen molar-refractivity contribution in [2.75, 3.05) is 0 Å². The summed E-state index contributed by atoms with van der Waals surface area (Å²) in [6.07, 6.45) is 0. The minimum Gasteiger partial charge on any atom is -0.489 e. The van der Waals surface area contributed by atoms with Gasteiger partial charge in [-0.1, -0.05) is 28.9 Å². The van der Waals surface area contributed by atoms with Crippen LogP contribution in [0.15, 0.2) is 42.5 Å². The molecule has 114 valence electrons. The van der Waals surface area contributed by atoms with Crippen molar-refractivity contribution in [1.29, 1.82) is 5.26 Å². The van der Waals surface area contributed by atoms with Crippen LogP contribution in [0.25, 0.3) is 11.3 Å². The number of nitrogens with one attached hydrogen (secondary N) is 1. The quantitative estimate of drug-likeness (QED) is 0.792. The van der Waals surface area contributed by atoms with E-state index in [0.29, 0.717) is 27.6 Å². The lowest BCUT2D eigenvalue weighted by Gasteiger charge is -2.08. The fraction of sp³-hybridized carbons (Fsp3) is 0.0625. The molecule has 0 spiro atoms. The zero-order valence-corrected chi connectivity index (χ0v) is 12.5. The Kier molecular flexibility index (Phi) is 4.22. The summed E-state index contributed by atoms with van der Waals surface area (Å²) in [6, 6.07) is 13.3. The van der Waals surface area contributed by atoms with Crippen molar-refractivity contribution in [3.63, 3.8) is 0 Å². The topological polar surface area (TPSA) is 74.6 Å². The molecule has 23 heavy (non-hydrogen) atoms. The number of aromatic amines is 1. The molecule has 1 N–H and O–H groups in total. The molecule has 7 heteroatoms. The molecule has 0 unspecified atom stereocenters. The largest absolute Gasteiger partial charge is 0.489 e. The third kappa shape index (κ3) is 3.47. The van der Waals surface area contributed by atoms with E-state index in [-0.39, 0.29) is 12.3 Å². The SMILES string of the molecule is N#Cc1[nH]nnc1-c1cccc(OCc2cc(F)cc(Cl)c2)c1. The lowest BCUT2D eigenvalue weighted by molar-refractivity contribution is 0.305. The van der Waals surface area contributed by atoms with Crippen LogP contribution in [0, 0.1) is 17.1 Å². The number of halogens is 2. The zero-order chi connectivity index (χ0) is 16.2. The van der Waals surface area contributed by atoms with Crippen molar-refractivity contribution in [3.8, 4) is 23.1 Å². The lowest BCUT2D eigenvalue weighted by Crippen LogP contribution is -1.96. The molecule has 5 nitrogen and oxygen atoms in total. The van der Waals surface area contributed by atoms with Crippen molar-refractivity contribution >= 4 is 11.6 Å². The highest BCUT2D eigenvalue weighted by Crippen LogP contribution is 2.24. The normalized spacial score (nSPS) is 10.3. The maximum absolute atomic E-state index is 13.3. The molecule has 0 bridgehead atoms. The number of hydrogen-bond donors (Lipinski definition) is 1. The number of nitrogens with zero attached hydrogens (tertiary/aromatic N) is 3. The molecule has 2 aromatic carbocycles. The average Bonchev–Trinajstić information content (AvgIpc) is 3.01. The molecule has 1 aromatic heterocycles. The van der Waals surface area contributed by atoms with Gasteiger partial charge in [-0.3, -0.25) is 0 Å². The van der Waals surface area contributed by atoms with Crippen LogP contribution >= 0.6 is 11.6 Å². The summed E-state index contributed by atoms with van der Waals surface area (Å²) < 4.78 is 18.9. The molecule has 0 saturated heterocycles. The molecule has 0 atom stereocenters. The second-order valence-corrected chi connectivity index (χ2v) is 5.18. The van der Waals surface area contributed by atoms with Gasteiger partial charge in [0.15, 0.2) is 5.69 Å². The maximum atomic E-state index is 13.3. The molecular weight excluding hydrogens is 319 g/mol. The number of benzene rings is 2. The predicted octanol–water partition coefficient (Wildman–Crippen LogP) is 3.71. The van der Waals surface area contributed by atoms with Crippen LogP contribution in [0.2, 0.25) is 5.02 Å². The van der Waals surface area contributed by atoms with Crippen LogP contribution in [0.5, 0.6) is 5.75 Å². The highest BCUT2D eigenvalue weighted by Gasteiger charge is 2.10. The van der Waals surface area contributed by atoms with Gasteiger partial charge in [-0.25, -0.2) is 9.49 Å². The van der Waals surface area contributed by atoms with Crippen molar-refractivity contribution < 1.29 is 9.13 Å². The van der Waals surface area contributed by atoms with Gasteiger partial charge in [0.1, 0.15) is 29.9 Å². The van der Waals surface area contributed by atoms with E-state index < -0.39 is 5.82 Å². The minimum absolute atomic E-state index is 0.171. The Morgan fingerprint density at radius 1 is 1.26 bits per heavy atom. The van der Waals surface area contributed by atoms with Gasteiger partial charge in [-0.05, 0) is 35.9 Å². The number of rotatable bonds is 4. The molecule has 0 fully saturated rings. The summed E-state index contributed by atoms with van der Waals surface area (Å²) in [5.41, 5.74) is 2.05. The molecule has 0 saturated carbocycles. The van der Waals surface area contributed by atoms with E-state index in [0.717, 1.165) is 0 Å². The van der Waals surface area contributed by atoms with E-state index >= 15 is 0 Å². The Balaban J connectivity index is 1.79. The van der Waals surface area contributed by atoms with Gasteiger partial charge in [0.05, 0.1) is 0 Å². The average molecular weight is 329 g/mol. The number of hydrogen-bond acceptors (Lipinski definition) is 4. The van der Waals surface area contributed by atoms with Crippen LogP contribution < -0.4 is 4.74 Å². The third-order valence-corrected chi connectivity index (χ3v) is 3.31. The van der Waals surface area contributed by atoms with Crippen molar-refractivity contribution in [2.45, 2.75) is 6.61 Å². The molecule has 3 aromatic rings.